The van der Waals surface area contributed by atoms with Crippen LogP contribution < -0.4 is 9.62 Å². The van der Waals surface area contributed by atoms with E-state index in [0.717, 1.165) is 0 Å². The van der Waals surface area contributed by atoms with E-state index in [0.29, 0.717) is 49.6 Å². The van der Waals surface area contributed by atoms with Gasteiger partial charge in [0.05, 0.1) is 24.0 Å². The third kappa shape index (κ3) is 7.63. The van der Waals surface area contributed by atoms with Crippen LogP contribution in [-0.2, 0) is 19.5 Å². The van der Waals surface area contributed by atoms with Gasteiger partial charge in [0.15, 0.2) is 0 Å². The molecular weight excluding hydrogens is 560 g/mol. The Kier molecular flexibility index (Phi) is 8.80. The lowest BCUT2D eigenvalue weighted by atomic mass is 9.97. The van der Waals surface area contributed by atoms with Gasteiger partial charge in [-0.25, -0.2) is 27.9 Å². The Hall–Kier alpha value is -2.40. The molecule has 2 atom stereocenters. The minimum absolute atomic E-state index is 0.140. The van der Waals surface area contributed by atoms with Crippen LogP contribution in [0.15, 0.2) is 18.5 Å². The standard InChI is InChI=1S/C22H29F6N5O5S/c23-21(24,25)18(22(26,27)28)38-20(34)33-10-1-3-16(31-39(35,36)15-4-5-15)17(33)13-37-14-6-11-32(12-7-14)19-29-8-2-9-30-19/h2,8-9,14-18,31H,1,3-7,10-13H2. The van der Waals surface area contributed by atoms with Crippen molar-refractivity contribution in [1.29, 1.82) is 0 Å². The van der Waals surface area contributed by atoms with Crippen molar-refractivity contribution in [2.75, 3.05) is 31.1 Å². The molecule has 1 aromatic rings. The lowest BCUT2D eigenvalue weighted by Gasteiger charge is -2.42. The number of alkyl halides is 6. The molecular formula is C22H29F6N5O5S. The maximum atomic E-state index is 13.0. The molecule has 1 aliphatic carbocycles. The molecule has 0 spiro atoms. The van der Waals surface area contributed by atoms with Gasteiger partial charge in [-0.3, -0.25) is 0 Å². The number of hydrogen-bond donors (Lipinski definition) is 1. The van der Waals surface area contributed by atoms with Crippen molar-refractivity contribution in [2.24, 2.45) is 0 Å². The van der Waals surface area contributed by atoms with Crippen molar-refractivity contribution in [3.63, 3.8) is 0 Å². The summed E-state index contributed by atoms with van der Waals surface area (Å²) in [5, 5.41) is -0.620. The van der Waals surface area contributed by atoms with Gasteiger partial charge in [0.25, 0.3) is 6.10 Å². The van der Waals surface area contributed by atoms with Crippen LogP contribution in [0.2, 0.25) is 0 Å². The molecule has 17 heteroatoms. The summed E-state index contributed by atoms with van der Waals surface area (Å²) in [5.74, 6) is 0.538. The second-order valence-electron chi connectivity index (χ2n) is 9.79. The van der Waals surface area contributed by atoms with E-state index in [1.54, 1.807) is 18.5 Å². The van der Waals surface area contributed by atoms with Crippen LogP contribution in [0.1, 0.15) is 38.5 Å². The second kappa shape index (κ2) is 11.6. The number of carbonyl (C=O) groups is 1. The van der Waals surface area contributed by atoms with Gasteiger partial charge in [0.2, 0.25) is 16.0 Å². The molecule has 1 N–H and O–H groups in total. The highest BCUT2D eigenvalue weighted by molar-refractivity contribution is 7.90. The molecule has 0 bridgehead atoms. The topological polar surface area (TPSA) is 114 Å². The Labute approximate surface area is 221 Å². The number of anilines is 1. The molecule has 4 rings (SSSR count). The fourth-order valence-electron chi connectivity index (χ4n) is 4.71. The van der Waals surface area contributed by atoms with E-state index in [9.17, 15) is 39.6 Å². The summed E-state index contributed by atoms with van der Waals surface area (Å²) in [5.41, 5.74) is 0. The van der Waals surface area contributed by atoms with Gasteiger partial charge < -0.3 is 19.3 Å². The number of rotatable bonds is 8. The number of likely N-dealkylation sites (tertiary alicyclic amines) is 1. The van der Waals surface area contributed by atoms with Gasteiger partial charge in [-0.1, -0.05) is 0 Å². The quantitative estimate of drug-likeness (QED) is 0.461. The molecule has 0 radical (unpaired) electrons. The number of halogens is 6. The van der Waals surface area contributed by atoms with Crippen LogP contribution in [0.3, 0.4) is 0 Å². The largest absolute Gasteiger partial charge is 0.434 e. The van der Waals surface area contributed by atoms with Crippen molar-refractivity contribution in [2.45, 2.75) is 80.4 Å². The van der Waals surface area contributed by atoms with Gasteiger partial charge in [-0.15, -0.1) is 0 Å². The Morgan fingerprint density at radius 3 is 2.18 bits per heavy atom. The summed E-state index contributed by atoms with van der Waals surface area (Å²) in [4.78, 5) is 23.7. The number of ether oxygens (including phenoxy) is 2. The summed E-state index contributed by atoms with van der Waals surface area (Å²) in [7, 11) is -3.78. The average molecular weight is 590 g/mol. The Morgan fingerprint density at radius 1 is 1.00 bits per heavy atom. The van der Waals surface area contributed by atoms with E-state index < -0.39 is 51.9 Å². The molecule has 10 nitrogen and oxygen atoms in total. The van der Waals surface area contributed by atoms with Crippen molar-refractivity contribution < 1.29 is 49.0 Å². The molecule has 220 valence electrons. The predicted octanol–water partition coefficient (Wildman–Crippen LogP) is 3.01. The summed E-state index contributed by atoms with van der Waals surface area (Å²) >= 11 is 0. The molecule has 1 aromatic heterocycles. The van der Waals surface area contributed by atoms with E-state index >= 15 is 0 Å². The lowest BCUT2D eigenvalue weighted by Crippen LogP contribution is -2.60. The van der Waals surface area contributed by atoms with Crippen LogP contribution in [0.25, 0.3) is 0 Å². The summed E-state index contributed by atoms with van der Waals surface area (Å²) in [6.45, 7) is 0.534. The van der Waals surface area contributed by atoms with Crippen molar-refractivity contribution in [3.05, 3.63) is 18.5 Å². The highest BCUT2D eigenvalue weighted by atomic mass is 32.2. The molecule has 1 saturated carbocycles. The van der Waals surface area contributed by atoms with Gasteiger partial charge >= 0.3 is 18.4 Å². The van der Waals surface area contributed by atoms with Crippen molar-refractivity contribution >= 4 is 22.1 Å². The second-order valence-corrected chi connectivity index (χ2v) is 11.8. The minimum atomic E-state index is -5.88. The highest BCUT2D eigenvalue weighted by Crippen LogP contribution is 2.37. The third-order valence-corrected chi connectivity index (χ3v) is 8.87. The zero-order valence-electron chi connectivity index (χ0n) is 20.7. The van der Waals surface area contributed by atoms with E-state index in [1.165, 1.54) is 0 Å². The van der Waals surface area contributed by atoms with E-state index in [2.05, 4.69) is 19.4 Å². The molecule has 3 aliphatic rings. The van der Waals surface area contributed by atoms with E-state index in [4.69, 9.17) is 4.74 Å². The summed E-state index contributed by atoms with van der Waals surface area (Å²) in [6, 6.07) is -0.456. The molecule has 3 fully saturated rings. The van der Waals surface area contributed by atoms with Crippen LogP contribution in [0, 0.1) is 0 Å². The Bertz CT molecular complexity index is 1070. The number of hydrogen-bond acceptors (Lipinski definition) is 8. The number of nitrogens with one attached hydrogen (secondary N) is 1. The van der Waals surface area contributed by atoms with Crippen molar-refractivity contribution in [3.8, 4) is 0 Å². The zero-order valence-corrected chi connectivity index (χ0v) is 21.5. The molecule has 3 heterocycles. The van der Waals surface area contributed by atoms with Crippen LogP contribution in [0.4, 0.5) is 37.1 Å². The monoisotopic (exact) mass is 589 g/mol. The first-order valence-corrected chi connectivity index (χ1v) is 14.1. The SMILES string of the molecule is O=C(OC(C(F)(F)F)C(F)(F)F)N1CCCC(NS(=O)(=O)C2CC2)C1COC1CCN(c2ncccn2)CC1. The average Bonchev–Trinajstić information content (AvgIpc) is 3.72. The molecule has 0 aromatic carbocycles. The minimum Gasteiger partial charge on any atom is -0.426 e. The number of piperidine rings is 2. The molecule has 2 unspecified atom stereocenters. The van der Waals surface area contributed by atoms with Gasteiger partial charge in [-0.2, -0.15) is 26.3 Å². The van der Waals surface area contributed by atoms with Crippen molar-refractivity contribution in [1.82, 2.24) is 19.6 Å². The lowest BCUT2D eigenvalue weighted by molar-refractivity contribution is -0.308. The summed E-state index contributed by atoms with van der Waals surface area (Å²) in [6.07, 6.45) is -12.8. The molecule has 2 aliphatic heterocycles. The normalized spacial score (nSPS) is 23.8. The number of amides is 1. The molecule has 39 heavy (non-hydrogen) atoms. The fourth-order valence-corrected chi connectivity index (χ4v) is 6.36. The fraction of sp³-hybridized carbons (Fsp3) is 0.773. The Balaban J connectivity index is 1.45. The predicted molar refractivity (Wildman–Crippen MR) is 124 cm³/mol. The maximum absolute atomic E-state index is 13.0. The molecule has 2 saturated heterocycles. The Morgan fingerprint density at radius 2 is 1.62 bits per heavy atom. The number of carbonyl (C=O) groups excluding carboxylic acids is 1. The van der Waals surface area contributed by atoms with Gasteiger partial charge in [0, 0.05) is 38.1 Å². The van der Waals surface area contributed by atoms with E-state index in [-0.39, 0.29) is 32.1 Å². The molecule has 1 amide bonds. The first-order chi connectivity index (χ1) is 18.3. The highest BCUT2D eigenvalue weighted by Gasteiger charge is 2.60. The number of nitrogens with zero attached hydrogens (tertiary/aromatic N) is 4. The van der Waals surface area contributed by atoms with Crippen LogP contribution in [-0.4, -0.2) is 97.5 Å². The van der Waals surface area contributed by atoms with Crippen LogP contribution >= 0.6 is 0 Å². The van der Waals surface area contributed by atoms with E-state index in [1.807, 2.05) is 4.90 Å². The van der Waals surface area contributed by atoms with Crippen LogP contribution in [0.5, 0.6) is 0 Å². The third-order valence-electron chi connectivity index (χ3n) is 6.89. The number of aromatic nitrogens is 2. The zero-order chi connectivity index (χ0) is 28.4. The summed E-state index contributed by atoms with van der Waals surface area (Å²) < 4.78 is 116. The first kappa shape index (κ1) is 29.6. The first-order valence-electron chi connectivity index (χ1n) is 12.5. The number of sulfonamides is 1. The van der Waals surface area contributed by atoms with Gasteiger partial charge in [0.1, 0.15) is 0 Å². The smallest absolute Gasteiger partial charge is 0.426 e. The van der Waals surface area contributed by atoms with Gasteiger partial charge in [-0.05, 0) is 44.6 Å². The maximum Gasteiger partial charge on any atom is 0.434 e.